The van der Waals surface area contributed by atoms with Crippen molar-refractivity contribution >= 4 is 32.3 Å². The van der Waals surface area contributed by atoms with Crippen molar-refractivity contribution in [2.45, 2.75) is 9.79 Å². The van der Waals surface area contributed by atoms with E-state index in [2.05, 4.69) is 4.98 Å². The van der Waals surface area contributed by atoms with Gasteiger partial charge < -0.3 is 4.98 Å². The van der Waals surface area contributed by atoms with E-state index in [-0.39, 0.29) is 9.79 Å². The molecule has 0 bridgehead atoms. The molecule has 3 aromatic rings. The monoisotopic (exact) mass is 291 g/mol. The molecule has 5 heteroatoms. The van der Waals surface area contributed by atoms with Crippen LogP contribution in [-0.2, 0) is 9.84 Å². The Balaban J connectivity index is 2.28. The summed E-state index contributed by atoms with van der Waals surface area (Å²) in [4.78, 5) is 3.49. The molecule has 1 aromatic heterocycles. The predicted octanol–water partition coefficient (Wildman–Crippen LogP) is 3.65. The molecule has 96 valence electrons. The van der Waals surface area contributed by atoms with Gasteiger partial charge in [0.05, 0.1) is 9.79 Å². The Morgan fingerprint density at radius 2 is 1.79 bits per heavy atom. The van der Waals surface area contributed by atoms with E-state index in [4.69, 9.17) is 11.6 Å². The van der Waals surface area contributed by atoms with Crippen molar-refractivity contribution in [3.63, 3.8) is 0 Å². The van der Waals surface area contributed by atoms with Crippen LogP contribution in [0.2, 0.25) is 5.02 Å². The fraction of sp³-hybridized carbons (Fsp3) is 0. The first-order valence-electron chi connectivity index (χ1n) is 5.66. The molecule has 19 heavy (non-hydrogen) atoms. The minimum atomic E-state index is -3.56. The standard InChI is InChI=1S/C14H10ClNO2S/c15-10-3-1-4-11(9-10)19(17,18)14-6-2-5-13-12(14)7-8-16-13/h1-9,16H. The molecule has 3 rings (SSSR count). The molecule has 0 atom stereocenters. The van der Waals surface area contributed by atoms with Crippen LogP contribution in [-0.4, -0.2) is 13.4 Å². The minimum absolute atomic E-state index is 0.203. The highest BCUT2D eigenvalue weighted by atomic mass is 35.5. The molecule has 3 nitrogen and oxygen atoms in total. The molecule has 0 saturated carbocycles. The van der Waals surface area contributed by atoms with E-state index in [0.29, 0.717) is 10.4 Å². The normalized spacial score (nSPS) is 11.8. The third-order valence-corrected chi connectivity index (χ3v) is 5.00. The van der Waals surface area contributed by atoms with Crippen LogP contribution in [0.5, 0.6) is 0 Å². The molecule has 0 aliphatic rings. The molecule has 0 aliphatic carbocycles. The topological polar surface area (TPSA) is 49.9 Å². The number of fused-ring (bicyclic) bond motifs is 1. The molecule has 1 heterocycles. The molecule has 0 amide bonds. The third kappa shape index (κ3) is 2.03. The highest BCUT2D eigenvalue weighted by Crippen LogP contribution is 2.28. The number of rotatable bonds is 2. The van der Waals surface area contributed by atoms with E-state index < -0.39 is 9.84 Å². The second-order valence-electron chi connectivity index (χ2n) is 4.16. The quantitative estimate of drug-likeness (QED) is 0.783. The molecular formula is C14H10ClNO2S. The van der Waals surface area contributed by atoms with Crippen LogP contribution in [0.15, 0.2) is 64.5 Å². The Labute approximate surface area is 115 Å². The largest absolute Gasteiger partial charge is 0.361 e. The number of H-pyrrole nitrogens is 1. The summed E-state index contributed by atoms with van der Waals surface area (Å²) in [6, 6.07) is 13.2. The van der Waals surface area contributed by atoms with Crippen LogP contribution < -0.4 is 0 Å². The summed E-state index contributed by atoms with van der Waals surface area (Å²) in [5.74, 6) is 0. The SMILES string of the molecule is O=S(=O)(c1cccc(Cl)c1)c1cccc2[nH]ccc12. The minimum Gasteiger partial charge on any atom is -0.361 e. The van der Waals surface area contributed by atoms with Gasteiger partial charge in [-0.3, -0.25) is 0 Å². The second-order valence-corrected chi connectivity index (χ2v) is 6.51. The lowest BCUT2D eigenvalue weighted by Gasteiger charge is -2.06. The molecule has 0 unspecified atom stereocenters. The summed E-state index contributed by atoms with van der Waals surface area (Å²) < 4.78 is 25.3. The van der Waals surface area contributed by atoms with Gasteiger partial charge in [0.1, 0.15) is 0 Å². The number of aromatic amines is 1. The number of halogens is 1. The molecule has 1 N–H and O–H groups in total. The first-order chi connectivity index (χ1) is 9.09. The summed E-state index contributed by atoms with van der Waals surface area (Å²) in [5.41, 5.74) is 0.795. The average Bonchev–Trinajstić information content (AvgIpc) is 2.86. The summed E-state index contributed by atoms with van der Waals surface area (Å²) >= 11 is 5.86. The van der Waals surface area contributed by atoms with Crippen molar-refractivity contribution < 1.29 is 8.42 Å². The average molecular weight is 292 g/mol. The van der Waals surface area contributed by atoms with E-state index in [1.54, 1.807) is 42.6 Å². The lowest BCUT2D eigenvalue weighted by atomic mass is 10.2. The Morgan fingerprint density at radius 1 is 1.00 bits per heavy atom. The number of hydrogen-bond acceptors (Lipinski definition) is 2. The molecule has 2 aromatic carbocycles. The van der Waals surface area contributed by atoms with Gasteiger partial charge in [-0.1, -0.05) is 23.7 Å². The molecule has 0 saturated heterocycles. The smallest absolute Gasteiger partial charge is 0.207 e. The van der Waals surface area contributed by atoms with Gasteiger partial charge in [-0.15, -0.1) is 0 Å². The second kappa shape index (κ2) is 4.40. The maximum atomic E-state index is 12.6. The van der Waals surface area contributed by atoms with Crippen molar-refractivity contribution in [3.8, 4) is 0 Å². The van der Waals surface area contributed by atoms with Crippen LogP contribution in [0.4, 0.5) is 0 Å². The van der Waals surface area contributed by atoms with E-state index in [1.165, 1.54) is 6.07 Å². The van der Waals surface area contributed by atoms with Crippen molar-refractivity contribution in [2.75, 3.05) is 0 Å². The van der Waals surface area contributed by atoms with Gasteiger partial charge >= 0.3 is 0 Å². The Hall–Kier alpha value is -1.78. The number of hydrogen-bond donors (Lipinski definition) is 1. The number of sulfone groups is 1. The van der Waals surface area contributed by atoms with Crippen molar-refractivity contribution in [1.29, 1.82) is 0 Å². The molecule has 0 radical (unpaired) electrons. The predicted molar refractivity (Wildman–Crippen MR) is 75.2 cm³/mol. The van der Waals surface area contributed by atoms with E-state index in [1.807, 2.05) is 6.07 Å². The molecular weight excluding hydrogens is 282 g/mol. The first-order valence-corrected chi connectivity index (χ1v) is 7.52. The van der Waals surface area contributed by atoms with Gasteiger partial charge in [-0.25, -0.2) is 8.42 Å². The van der Waals surface area contributed by atoms with Crippen LogP contribution in [0.3, 0.4) is 0 Å². The lowest BCUT2D eigenvalue weighted by Crippen LogP contribution is -2.02. The van der Waals surface area contributed by atoms with Gasteiger partial charge in [0, 0.05) is 22.1 Å². The van der Waals surface area contributed by atoms with Gasteiger partial charge in [-0.05, 0) is 36.4 Å². The zero-order chi connectivity index (χ0) is 13.5. The Bertz CT molecular complexity index is 853. The fourth-order valence-electron chi connectivity index (χ4n) is 2.05. The van der Waals surface area contributed by atoms with Crippen LogP contribution >= 0.6 is 11.6 Å². The highest BCUT2D eigenvalue weighted by molar-refractivity contribution is 7.91. The van der Waals surface area contributed by atoms with Crippen LogP contribution in [0.1, 0.15) is 0 Å². The zero-order valence-electron chi connectivity index (χ0n) is 9.80. The number of nitrogens with one attached hydrogen (secondary N) is 1. The number of aromatic nitrogens is 1. The van der Waals surface area contributed by atoms with Gasteiger partial charge in [0.25, 0.3) is 0 Å². The van der Waals surface area contributed by atoms with Crippen LogP contribution in [0.25, 0.3) is 10.9 Å². The number of benzene rings is 2. The maximum Gasteiger partial charge on any atom is 0.207 e. The third-order valence-electron chi connectivity index (χ3n) is 2.95. The maximum absolute atomic E-state index is 12.6. The molecule has 0 spiro atoms. The Kier molecular flexibility index (Phi) is 2.84. The van der Waals surface area contributed by atoms with Crippen molar-refractivity contribution in [3.05, 3.63) is 59.8 Å². The van der Waals surface area contributed by atoms with Gasteiger partial charge in [0.15, 0.2) is 0 Å². The fourth-order valence-corrected chi connectivity index (χ4v) is 3.83. The highest BCUT2D eigenvalue weighted by Gasteiger charge is 2.20. The summed E-state index contributed by atoms with van der Waals surface area (Å²) in [6.07, 6.45) is 1.72. The Morgan fingerprint density at radius 3 is 2.58 bits per heavy atom. The lowest BCUT2D eigenvalue weighted by molar-refractivity contribution is 0.597. The van der Waals surface area contributed by atoms with Crippen molar-refractivity contribution in [2.24, 2.45) is 0 Å². The van der Waals surface area contributed by atoms with Gasteiger partial charge in [-0.2, -0.15) is 0 Å². The van der Waals surface area contributed by atoms with E-state index in [0.717, 1.165) is 5.52 Å². The summed E-state index contributed by atoms with van der Waals surface area (Å²) in [5, 5.41) is 1.09. The zero-order valence-corrected chi connectivity index (χ0v) is 11.4. The van der Waals surface area contributed by atoms with Crippen LogP contribution in [0, 0.1) is 0 Å². The molecule has 0 aliphatic heterocycles. The van der Waals surface area contributed by atoms with Crippen molar-refractivity contribution in [1.82, 2.24) is 4.98 Å². The van der Waals surface area contributed by atoms with E-state index >= 15 is 0 Å². The molecule has 0 fully saturated rings. The van der Waals surface area contributed by atoms with E-state index in [9.17, 15) is 8.42 Å². The summed E-state index contributed by atoms with van der Waals surface area (Å²) in [7, 11) is -3.56. The summed E-state index contributed by atoms with van der Waals surface area (Å²) in [6.45, 7) is 0. The first kappa shape index (κ1) is 12.3. The van der Waals surface area contributed by atoms with Gasteiger partial charge in [0.2, 0.25) is 9.84 Å².